The molecule has 3 rings (SSSR count). The standard InChI is InChI=1S/C23H27FN2O4/c1-29-18-13-17(14-19(15-18)30-2)25-22(27)8-7-16-9-11-26(12-10-16)23(28)20-5-3-4-6-21(20)24/h3-6,13-16H,7-12H2,1-2H3,(H,25,27). The van der Waals surface area contributed by atoms with Crippen molar-refractivity contribution < 1.29 is 23.5 Å². The van der Waals surface area contributed by atoms with Crippen LogP contribution >= 0.6 is 0 Å². The molecule has 0 bridgehead atoms. The average molecular weight is 414 g/mol. The molecule has 2 aromatic carbocycles. The SMILES string of the molecule is COc1cc(NC(=O)CCC2CCN(C(=O)c3ccccc3F)CC2)cc(OC)c1. The van der Waals surface area contributed by atoms with E-state index < -0.39 is 5.82 Å². The number of amides is 2. The summed E-state index contributed by atoms with van der Waals surface area (Å²) in [5.74, 6) is 0.746. The Morgan fingerprint density at radius 2 is 1.70 bits per heavy atom. The molecule has 1 fully saturated rings. The first-order valence-electron chi connectivity index (χ1n) is 10.1. The summed E-state index contributed by atoms with van der Waals surface area (Å²) in [6, 6.07) is 11.3. The van der Waals surface area contributed by atoms with Gasteiger partial charge in [0.25, 0.3) is 5.91 Å². The summed E-state index contributed by atoms with van der Waals surface area (Å²) in [7, 11) is 3.12. The molecule has 0 spiro atoms. The molecular weight excluding hydrogens is 387 g/mol. The van der Waals surface area contributed by atoms with Crippen LogP contribution in [0.3, 0.4) is 0 Å². The summed E-state index contributed by atoms with van der Waals surface area (Å²) in [6.45, 7) is 1.15. The Balaban J connectivity index is 1.46. The van der Waals surface area contributed by atoms with Gasteiger partial charge in [-0.2, -0.15) is 0 Å². The number of piperidine rings is 1. The Hall–Kier alpha value is -3.09. The second kappa shape index (κ2) is 10.1. The molecule has 1 saturated heterocycles. The molecule has 0 unspecified atom stereocenters. The van der Waals surface area contributed by atoms with E-state index in [1.165, 1.54) is 12.1 Å². The second-order valence-electron chi connectivity index (χ2n) is 7.40. The largest absolute Gasteiger partial charge is 0.497 e. The maximum atomic E-state index is 13.8. The van der Waals surface area contributed by atoms with Crippen LogP contribution in [0.1, 0.15) is 36.0 Å². The first-order valence-corrected chi connectivity index (χ1v) is 10.1. The minimum absolute atomic E-state index is 0.0739. The molecule has 160 valence electrons. The number of ether oxygens (including phenoxy) is 2. The lowest BCUT2D eigenvalue weighted by molar-refractivity contribution is -0.116. The normalized spacial score (nSPS) is 14.3. The lowest BCUT2D eigenvalue weighted by Gasteiger charge is -2.32. The number of nitrogens with one attached hydrogen (secondary N) is 1. The van der Waals surface area contributed by atoms with E-state index in [2.05, 4.69) is 5.32 Å². The average Bonchev–Trinajstić information content (AvgIpc) is 2.77. The second-order valence-corrected chi connectivity index (χ2v) is 7.40. The summed E-state index contributed by atoms with van der Waals surface area (Å²) in [5, 5.41) is 2.88. The minimum atomic E-state index is -0.490. The molecule has 0 aliphatic carbocycles. The van der Waals surface area contributed by atoms with E-state index in [9.17, 15) is 14.0 Å². The summed E-state index contributed by atoms with van der Waals surface area (Å²) in [4.78, 5) is 26.5. The molecule has 7 heteroatoms. The van der Waals surface area contributed by atoms with E-state index in [4.69, 9.17) is 9.47 Å². The van der Waals surface area contributed by atoms with Crippen LogP contribution in [0.15, 0.2) is 42.5 Å². The minimum Gasteiger partial charge on any atom is -0.497 e. The van der Waals surface area contributed by atoms with Crippen LogP contribution in [0.4, 0.5) is 10.1 Å². The quantitative estimate of drug-likeness (QED) is 0.740. The number of hydrogen-bond acceptors (Lipinski definition) is 4. The van der Waals surface area contributed by atoms with Gasteiger partial charge in [-0.15, -0.1) is 0 Å². The van der Waals surface area contributed by atoms with E-state index >= 15 is 0 Å². The number of benzene rings is 2. The highest BCUT2D eigenvalue weighted by Crippen LogP contribution is 2.27. The summed E-state index contributed by atoms with van der Waals surface area (Å²) in [6.07, 6.45) is 2.75. The number of carbonyl (C=O) groups excluding carboxylic acids is 2. The van der Waals surface area contributed by atoms with Gasteiger partial charge >= 0.3 is 0 Å². The van der Waals surface area contributed by atoms with Crippen molar-refractivity contribution in [2.75, 3.05) is 32.6 Å². The summed E-state index contributed by atoms with van der Waals surface area (Å²) in [5.41, 5.74) is 0.741. The monoisotopic (exact) mass is 414 g/mol. The van der Waals surface area contributed by atoms with Gasteiger partial charge in [0.2, 0.25) is 5.91 Å². The number of halogens is 1. The van der Waals surface area contributed by atoms with Crippen molar-refractivity contribution >= 4 is 17.5 Å². The number of methoxy groups -OCH3 is 2. The number of likely N-dealkylation sites (tertiary alicyclic amines) is 1. The number of carbonyl (C=O) groups is 2. The number of anilines is 1. The highest BCUT2D eigenvalue weighted by Gasteiger charge is 2.25. The highest BCUT2D eigenvalue weighted by atomic mass is 19.1. The Labute approximate surface area is 176 Å². The van der Waals surface area contributed by atoms with Gasteiger partial charge in [0, 0.05) is 43.4 Å². The third-order valence-corrected chi connectivity index (χ3v) is 5.42. The molecule has 0 aromatic heterocycles. The molecule has 0 saturated carbocycles. The summed E-state index contributed by atoms with van der Waals surface area (Å²) >= 11 is 0. The van der Waals surface area contributed by atoms with Gasteiger partial charge in [0.05, 0.1) is 19.8 Å². The summed E-state index contributed by atoms with van der Waals surface area (Å²) < 4.78 is 24.3. The zero-order valence-electron chi connectivity index (χ0n) is 17.3. The molecule has 2 amide bonds. The lowest BCUT2D eigenvalue weighted by atomic mass is 9.91. The fourth-order valence-electron chi connectivity index (χ4n) is 3.67. The van der Waals surface area contributed by atoms with Crippen LogP contribution in [0.2, 0.25) is 0 Å². The van der Waals surface area contributed by atoms with Gasteiger partial charge in [-0.05, 0) is 37.3 Å². The predicted molar refractivity (Wildman–Crippen MR) is 112 cm³/mol. The van der Waals surface area contributed by atoms with Crippen molar-refractivity contribution in [3.8, 4) is 11.5 Å². The van der Waals surface area contributed by atoms with E-state index in [0.29, 0.717) is 42.6 Å². The molecule has 6 nitrogen and oxygen atoms in total. The fourth-order valence-corrected chi connectivity index (χ4v) is 3.67. The fraction of sp³-hybridized carbons (Fsp3) is 0.391. The van der Waals surface area contributed by atoms with Gasteiger partial charge in [0.1, 0.15) is 17.3 Å². The Morgan fingerprint density at radius 1 is 1.07 bits per heavy atom. The maximum absolute atomic E-state index is 13.8. The number of nitrogens with zero attached hydrogens (tertiary/aromatic N) is 1. The Morgan fingerprint density at radius 3 is 2.30 bits per heavy atom. The van der Waals surface area contributed by atoms with Gasteiger partial charge in [-0.1, -0.05) is 12.1 Å². The first-order chi connectivity index (χ1) is 14.5. The Kier molecular flexibility index (Phi) is 7.27. The smallest absolute Gasteiger partial charge is 0.256 e. The molecule has 1 heterocycles. The van der Waals surface area contributed by atoms with Crippen molar-refractivity contribution in [2.24, 2.45) is 5.92 Å². The molecule has 0 atom stereocenters. The molecule has 0 radical (unpaired) electrons. The highest BCUT2D eigenvalue weighted by molar-refractivity contribution is 5.94. The Bertz CT molecular complexity index is 872. The van der Waals surface area contributed by atoms with Crippen LogP contribution in [0.5, 0.6) is 11.5 Å². The maximum Gasteiger partial charge on any atom is 0.256 e. The van der Waals surface area contributed by atoms with Crippen LogP contribution < -0.4 is 14.8 Å². The molecule has 1 N–H and O–H groups in total. The third-order valence-electron chi connectivity index (χ3n) is 5.42. The van der Waals surface area contributed by atoms with Crippen molar-refractivity contribution in [2.45, 2.75) is 25.7 Å². The van der Waals surface area contributed by atoms with E-state index in [0.717, 1.165) is 19.3 Å². The lowest BCUT2D eigenvalue weighted by Crippen LogP contribution is -2.39. The van der Waals surface area contributed by atoms with Gasteiger partial charge in [0.15, 0.2) is 0 Å². The number of hydrogen-bond donors (Lipinski definition) is 1. The van der Waals surface area contributed by atoms with E-state index in [-0.39, 0.29) is 17.4 Å². The molecule has 1 aliphatic rings. The van der Waals surface area contributed by atoms with Crippen molar-refractivity contribution in [1.29, 1.82) is 0 Å². The third kappa shape index (κ3) is 5.49. The van der Waals surface area contributed by atoms with Crippen LogP contribution in [-0.2, 0) is 4.79 Å². The number of rotatable bonds is 7. The topological polar surface area (TPSA) is 67.9 Å². The first kappa shape index (κ1) is 21.6. The predicted octanol–water partition coefficient (Wildman–Crippen LogP) is 4.11. The van der Waals surface area contributed by atoms with Crippen LogP contribution in [0, 0.1) is 11.7 Å². The van der Waals surface area contributed by atoms with Crippen molar-refractivity contribution in [3.05, 3.63) is 53.8 Å². The molecule has 30 heavy (non-hydrogen) atoms. The van der Waals surface area contributed by atoms with Crippen LogP contribution in [-0.4, -0.2) is 44.0 Å². The van der Waals surface area contributed by atoms with E-state index in [1.54, 1.807) is 49.5 Å². The van der Waals surface area contributed by atoms with Crippen molar-refractivity contribution in [1.82, 2.24) is 4.90 Å². The zero-order valence-corrected chi connectivity index (χ0v) is 17.3. The molecular formula is C23H27FN2O4. The van der Waals surface area contributed by atoms with Crippen LogP contribution in [0.25, 0.3) is 0 Å². The molecule has 1 aliphatic heterocycles. The zero-order chi connectivity index (χ0) is 21.5. The van der Waals surface area contributed by atoms with Gasteiger partial charge < -0.3 is 19.7 Å². The van der Waals surface area contributed by atoms with E-state index in [1.807, 2.05) is 0 Å². The van der Waals surface area contributed by atoms with Gasteiger partial charge in [-0.3, -0.25) is 9.59 Å². The van der Waals surface area contributed by atoms with Gasteiger partial charge in [-0.25, -0.2) is 4.39 Å². The molecule has 2 aromatic rings. The van der Waals surface area contributed by atoms with Crippen molar-refractivity contribution in [3.63, 3.8) is 0 Å².